The molecule has 0 unspecified atom stereocenters. The second kappa shape index (κ2) is 15.0. The van der Waals surface area contributed by atoms with Crippen molar-refractivity contribution in [2.24, 2.45) is 0 Å². The number of nitrogens with zero attached hydrogens (tertiary/aromatic N) is 2. The monoisotopic (exact) mass is 629 g/mol. The number of nitrogens with one attached hydrogen (secondary N) is 1. The molecule has 0 radical (unpaired) electrons. The van der Waals surface area contributed by atoms with E-state index in [0.29, 0.717) is 17.7 Å². The Kier molecular flexibility index (Phi) is 11.1. The first-order valence-electron chi connectivity index (χ1n) is 15.0. The van der Waals surface area contributed by atoms with Gasteiger partial charge in [-0.05, 0) is 62.6 Å². The summed E-state index contributed by atoms with van der Waals surface area (Å²) in [7, 11) is -4.22. The van der Waals surface area contributed by atoms with Crippen LogP contribution in [0.15, 0.2) is 108 Å². The smallest absolute Gasteiger partial charge is 0.264 e. The lowest BCUT2D eigenvalue weighted by atomic mass is 10.0. The molecular formula is C36H40FN3O4S. The Morgan fingerprint density at radius 3 is 2.11 bits per heavy atom. The summed E-state index contributed by atoms with van der Waals surface area (Å²) in [6.45, 7) is 6.61. The van der Waals surface area contributed by atoms with Crippen LogP contribution in [0.3, 0.4) is 0 Å². The van der Waals surface area contributed by atoms with Gasteiger partial charge in [0.1, 0.15) is 18.4 Å². The SMILES string of the molecule is CC[C@H](C)NC(=O)[C@@H](Cc1ccccc1)N(Cc1ccccc1F)C(=O)CN(c1ccccc1C)S(=O)(=O)c1ccc(C)cc1. The van der Waals surface area contributed by atoms with Crippen LogP contribution in [-0.2, 0) is 32.6 Å². The third kappa shape index (κ3) is 8.36. The minimum absolute atomic E-state index is 0.0279. The van der Waals surface area contributed by atoms with Gasteiger partial charge in [0.2, 0.25) is 11.8 Å². The highest BCUT2D eigenvalue weighted by molar-refractivity contribution is 7.92. The molecule has 0 aliphatic carbocycles. The Bertz CT molecular complexity index is 1710. The molecule has 7 nitrogen and oxygen atoms in total. The van der Waals surface area contributed by atoms with Crippen molar-refractivity contribution in [3.8, 4) is 0 Å². The number of para-hydroxylation sites is 1. The Morgan fingerprint density at radius 1 is 0.844 bits per heavy atom. The van der Waals surface area contributed by atoms with Crippen LogP contribution in [0.1, 0.15) is 42.5 Å². The summed E-state index contributed by atoms with van der Waals surface area (Å²) < 4.78 is 44.5. The standard InChI is InChI=1S/C36H40FN3O4S/c1-5-28(4)38-36(42)34(23-29-14-7-6-8-15-29)39(24-30-16-10-11-17-32(30)37)35(41)25-40(33-18-12-9-13-27(33)3)45(43,44)31-21-19-26(2)20-22-31/h6-22,28,34H,5,23-25H2,1-4H3,(H,38,42)/t28-,34+/m0/s1. The molecule has 0 spiro atoms. The van der Waals surface area contributed by atoms with Crippen LogP contribution in [-0.4, -0.2) is 43.8 Å². The molecule has 0 heterocycles. The van der Waals surface area contributed by atoms with Crippen LogP contribution in [0.2, 0.25) is 0 Å². The Labute approximate surface area is 265 Å². The molecule has 45 heavy (non-hydrogen) atoms. The van der Waals surface area contributed by atoms with Gasteiger partial charge in [0.15, 0.2) is 0 Å². The molecule has 1 N–H and O–H groups in total. The van der Waals surface area contributed by atoms with E-state index in [1.54, 1.807) is 61.5 Å². The summed E-state index contributed by atoms with van der Waals surface area (Å²) in [4.78, 5) is 29.7. The van der Waals surface area contributed by atoms with Crippen molar-refractivity contribution >= 4 is 27.5 Å². The molecule has 0 aliphatic rings. The molecule has 0 saturated carbocycles. The molecule has 4 aromatic rings. The average molecular weight is 630 g/mol. The van der Waals surface area contributed by atoms with E-state index >= 15 is 4.39 Å². The average Bonchev–Trinajstić information content (AvgIpc) is 3.03. The number of amides is 2. The minimum Gasteiger partial charge on any atom is -0.352 e. The fraction of sp³-hybridized carbons (Fsp3) is 0.278. The van der Waals surface area contributed by atoms with Crippen molar-refractivity contribution in [1.82, 2.24) is 10.2 Å². The van der Waals surface area contributed by atoms with Gasteiger partial charge in [-0.2, -0.15) is 0 Å². The predicted molar refractivity (Wildman–Crippen MR) is 176 cm³/mol. The van der Waals surface area contributed by atoms with Crippen LogP contribution in [0.4, 0.5) is 10.1 Å². The van der Waals surface area contributed by atoms with Gasteiger partial charge in [0.05, 0.1) is 10.6 Å². The van der Waals surface area contributed by atoms with E-state index in [0.717, 1.165) is 15.4 Å². The summed E-state index contributed by atoms with van der Waals surface area (Å²) in [6, 6.07) is 27.4. The molecule has 4 rings (SSSR count). The second-order valence-electron chi connectivity index (χ2n) is 11.2. The van der Waals surface area contributed by atoms with E-state index in [1.807, 2.05) is 51.1 Å². The highest BCUT2D eigenvalue weighted by Gasteiger charge is 2.35. The Hall–Kier alpha value is -4.50. The highest BCUT2D eigenvalue weighted by Crippen LogP contribution is 2.28. The number of rotatable bonds is 13. The van der Waals surface area contributed by atoms with Gasteiger partial charge in [-0.15, -0.1) is 0 Å². The third-order valence-electron chi connectivity index (χ3n) is 7.84. The van der Waals surface area contributed by atoms with Crippen molar-refractivity contribution in [3.05, 3.63) is 131 Å². The quantitative estimate of drug-likeness (QED) is 0.191. The number of hydrogen-bond donors (Lipinski definition) is 1. The largest absolute Gasteiger partial charge is 0.352 e. The first kappa shape index (κ1) is 33.4. The van der Waals surface area contributed by atoms with Gasteiger partial charge in [-0.1, -0.05) is 91.3 Å². The predicted octanol–water partition coefficient (Wildman–Crippen LogP) is 6.19. The fourth-order valence-corrected chi connectivity index (χ4v) is 6.48. The van der Waals surface area contributed by atoms with Gasteiger partial charge >= 0.3 is 0 Å². The topological polar surface area (TPSA) is 86.8 Å². The summed E-state index contributed by atoms with van der Waals surface area (Å²) >= 11 is 0. The number of sulfonamides is 1. The number of aryl methyl sites for hydroxylation is 2. The van der Waals surface area contributed by atoms with Gasteiger partial charge < -0.3 is 10.2 Å². The maximum Gasteiger partial charge on any atom is 0.264 e. The van der Waals surface area contributed by atoms with Crippen molar-refractivity contribution < 1.29 is 22.4 Å². The van der Waals surface area contributed by atoms with Crippen LogP contribution in [0, 0.1) is 19.7 Å². The summed E-state index contributed by atoms with van der Waals surface area (Å²) in [5.41, 5.74) is 2.89. The zero-order valence-corrected chi connectivity index (χ0v) is 26.9. The highest BCUT2D eigenvalue weighted by atomic mass is 32.2. The van der Waals surface area contributed by atoms with Crippen LogP contribution in [0.25, 0.3) is 0 Å². The van der Waals surface area contributed by atoms with Crippen molar-refractivity contribution in [3.63, 3.8) is 0 Å². The molecule has 236 valence electrons. The number of benzene rings is 4. The lowest BCUT2D eigenvalue weighted by molar-refractivity contribution is -0.140. The molecule has 4 aromatic carbocycles. The summed E-state index contributed by atoms with van der Waals surface area (Å²) in [5.74, 6) is -1.57. The minimum atomic E-state index is -4.22. The number of anilines is 1. The zero-order chi connectivity index (χ0) is 32.6. The van der Waals surface area contributed by atoms with Gasteiger partial charge in [0, 0.05) is 24.6 Å². The lowest BCUT2D eigenvalue weighted by Gasteiger charge is -2.34. The first-order chi connectivity index (χ1) is 21.5. The van der Waals surface area contributed by atoms with E-state index in [2.05, 4.69) is 5.32 Å². The Balaban J connectivity index is 1.83. The molecule has 2 atom stereocenters. The van der Waals surface area contributed by atoms with Crippen LogP contribution in [0.5, 0.6) is 0 Å². The molecule has 0 bridgehead atoms. The Morgan fingerprint density at radius 2 is 1.47 bits per heavy atom. The van der Waals surface area contributed by atoms with Crippen LogP contribution < -0.4 is 9.62 Å². The van der Waals surface area contributed by atoms with Gasteiger partial charge in [0.25, 0.3) is 10.0 Å². The van der Waals surface area contributed by atoms with Crippen LogP contribution >= 0.6 is 0 Å². The maximum absolute atomic E-state index is 15.0. The van der Waals surface area contributed by atoms with E-state index < -0.39 is 40.2 Å². The molecule has 0 fully saturated rings. The molecule has 0 aromatic heterocycles. The second-order valence-corrected chi connectivity index (χ2v) is 13.1. The van der Waals surface area contributed by atoms with E-state index in [-0.39, 0.29) is 29.5 Å². The number of hydrogen-bond acceptors (Lipinski definition) is 4. The van der Waals surface area contributed by atoms with Gasteiger partial charge in [-0.3, -0.25) is 13.9 Å². The molecule has 2 amide bonds. The fourth-order valence-electron chi connectivity index (χ4n) is 5.00. The van der Waals surface area contributed by atoms with Crippen molar-refractivity contribution in [2.45, 2.75) is 64.1 Å². The molecule has 0 aliphatic heterocycles. The molecule has 0 saturated heterocycles. The lowest BCUT2D eigenvalue weighted by Crippen LogP contribution is -2.54. The number of carbonyl (C=O) groups excluding carboxylic acids is 2. The number of carbonyl (C=O) groups is 2. The normalized spacial score (nSPS) is 12.6. The third-order valence-corrected chi connectivity index (χ3v) is 9.62. The summed E-state index contributed by atoms with van der Waals surface area (Å²) in [6.07, 6.45) is 0.819. The molecular weight excluding hydrogens is 589 g/mol. The van der Waals surface area contributed by atoms with Crippen molar-refractivity contribution in [1.29, 1.82) is 0 Å². The van der Waals surface area contributed by atoms with E-state index in [4.69, 9.17) is 0 Å². The van der Waals surface area contributed by atoms with Gasteiger partial charge in [-0.25, -0.2) is 12.8 Å². The van der Waals surface area contributed by atoms with E-state index in [9.17, 15) is 18.0 Å². The number of halogens is 1. The van der Waals surface area contributed by atoms with E-state index in [1.165, 1.54) is 23.1 Å². The zero-order valence-electron chi connectivity index (χ0n) is 26.1. The molecule has 9 heteroatoms. The maximum atomic E-state index is 15.0. The summed E-state index contributed by atoms with van der Waals surface area (Å²) in [5, 5.41) is 2.98. The van der Waals surface area contributed by atoms with Crippen molar-refractivity contribution in [2.75, 3.05) is 10.8 Å². The first-order valence-corrected chi connectivity index (χ1v) is 16.5.